The predicted octanol–water partition coefficient (Wildman–Crippen LogP) is 3.22. The Labute approximate surface area is 123 Å². The monoisotopic (exact) mass is 287 g/mol. The van der Waals surface area contributed by atoms with Crippen molar-refractivity contribution >= 4 is 5.69 Å². The number of fused-ring (bicyclic) bond motifs is 1. The van der Waals surface area contributed by atoms with Crippen molar-refractivity contribution in [3.8, 4) is 23.0 Å². The summed E-state index contributed by atoms with van der Waals surface area (Å²) in [7, 11) is 4.78. The van der Waals surface area contributed by atoms with Gasteiger partial charge in [0.25, 0.3) is 0 Å². The predicted molar refractivity (Wildman–Crippen MR) is 79.5 cm³/mol. The molecule has 0 radical (unpaired) electrons. The molecule has 0 saturated heterocycles. The Balaban J connectivity index is 1.97. The molecule has 0 saturated carbocycles. The molecular weight excluding hydrogens is 270 g/mol. The molecule has 0 spiro atoms. The van der Waals surface area contributed by atoms with Crippen molar-refractivity contribution < 1.29 is 18.9 Å². The van der Waals surface area contributed by atoms with Gasteiger partial charge in [-0.1, -0.05) is 12.1 Å². The quantitative estimate of drug-likeness (QED) is 0.935. The van der Waals surface area contributed by atoms with Gasteiger partial charge >= 0.3 is 0 Å². The van der Waals surface area contributed by atoms with E-state index in [1.54, 1.807) is 21.3 Å². The minimum atomic E-state index is -0.281. The summed E-state index contributed by atoms with van der Waals surface area (Å²) in [5, 5.41) is 3.32. The van der Waals surface area contributed by atoms with E-state index in [1.165, 1.54) is 0 Å². The molecule has 1 N–H and O–H groups in total. The number of nitrogens with one attached hydrogen (secondary N) is 1. The highest BCUT2D eigenvalue weighted by Gasteiger charge is 2.25. The molecule has 1 heterocycles. The molecule has 2 aromatic carbocycles. The van der Waals surface area contributed by atoms with Crippen molar-refractivity contribution in [2.45, 2.75) is 6.23 Å². The molecule has 0 bridgehead atoms. The molecule has 21 heavy (non-hydrogen) atoms. The van der Waals surface area contributed by atoms with Crippen LogP contribution in [0.25, 0.3) is 0 Å². The summed E-state index contributed by atoms with van der Waals surface area (Å²) in [5.41, 5.74) is 1.87. The number of hydrogen-bond donors (Lipinski definition) is 1. The zero-order valence-electron chi connectivity index (χ0n) is 12.2. The first kappa shape index (κ1) is 13.4. The largest absolute Gasteiger partial charge is 0.493 e. The second-order valence-electron chi connectivity index (χ2n) is 4.60. The lowest BCUT2D eigenvalue weighted by atomic mass is 10.1. The Kier molecular flexibility index (Phi) is 3.48. The van der Waals surface area contributed by atoms with Gasteiger partial charge in [-0.25, -0.2) is 0 Å². The van der Waals surface area contributed by atoms with Crippen LogP contribution in [0.5, 0.6) is 23.0 Å². The Bertz CT molecular complexity index is 606. The lowest BCUT2D eigenvalue weighted by Crippen LogP contribution is -2.11. The van der Waals surface area contributed by atoms with Crippen molar-refractivity contribution in [1.29, 1.82) is 0 Å². The van der Waals surface area contributed by atoms with Crippen molar-refractivity contribution in [1.82, 2.24) is 0 Å². The topological polar surface area (TPSA) is 49.0 Å². The van der Waals surface area contributed by atoms with Crippen LogP contribution in [0, 0.1) is 0 Å². The van der Waals surface area contributed by atoms with Crippen LogP contribution in [0.2, 0.25) is 0 Å². The average molecular weight is 287 g/mol. The first-order valence-electron chi connectivity index (χ1n) is 6.59. The number of methoxy groups -OCH3 is 3. The van der Waals surface area contributed by atoms with Crippen LogP contribution in [-0.2, 0) is 0 Å². The maximum absolute atomic E-state index is 5.90. The highest BCUT2D eigenvalue weighted by Crippen LogP contribution is 2.43. The molecule has 5 nitrogen and oxygen atoms in total. The normalized spacial score (nSPS) is 15.7. The number of rotatable bonds is 4. The van der Waals surface area contributed by atoms with E-state index in [-0.39, 0.29) is 6.23 Å². The van der Waals surface area contributed by atoms with Gasteiger partial charge in [0.1, 0.15) is 5.75 Å². The summed E-state index contributed by atoms with van der Waals surface area (Å²) in [6.45, 7) is 0. The van der Waals surface area contributed by atoms with Crippen LogP contribution in [0.15, 0.2) is 36.4 Å². The maximum Gasteiger partial charge on any atom is 0.203 e. The van der Waals surface area contributed by atoms with Gasteiger partial charge in [-0.2, -0.15) is 0 Å². The number of benzene rings is 2. The third-order valence-corrected chi connectivity index (χ3v) is 3.41. The molecule has 1 aliphatic heterocycles. The highest BCUT2D eigenvalue weighted by atomic mass is 16.5. The summed E-state index contributed by atoms with van der Waals surface area (Å²) >= 11 is 0. The second-order valence-corrected chi connectivity index (χ2v) is 4.60. The standard InChI is InChI=1S/C16H17NO4/c1-18-13-8-10(9-14(19-2)15(13)20-3)16-17-11-6-4-5-7-12(11)21-16/h4-9,16-17H,1-3H3/t16-/m0/s1. The lowest BCUT2D eigenvalue weighted by Gasteiger charge is -2.17. The van der Waals surface area contributed by atoms with Gasteiger partial charge in [0.15, 0.2) is 17.7 Å². The molecule has 1 aliphatic rings. The summed E-state index contributed by atoms with van der Waals surface area (Å²) in [5.74, 6) is 2.61. The molecule has 0 fully saturated rings. The molecule has 110 valence electrons. The Morgan fingerprint density at radius 1 is 0.952 bits per heavy atom. The minimum Gasteiger partial charge on any atom is -0.493 e. The summed E-state index contributed by atoms with van der Waals surface area (Å²) in [6, 6.07) is 11.6. The van der Waals surface area contributed by atoms with Gasteiger partial charge in [0, 0.05) is 5.56 Å². The van der Waals surface area contributed by atoms with E-state index in [0.29, 0.717) is 17.2 Å². The van der Waals surface area contributed by atoms with Gasteiger partial charge in [0.05, 0.1) is 27.0 Å². The number of ether oxygens (including phenoxy) is 4. The summed E-state index contributed by atoms with van der Waals surface area (Å²) in [4.78, 5) is 0. The van der Waals surface area contributed by atoms with Gasteiger partial charge < -0.3 is 24.3 Å². The maximum atomic E-state index is 5.90. The number of anilines is 1. The zero-order valence-corrected chi connectivity index (χ0v) is 12.2. The third-order valence-electron chi connectivity index (χ3n) is 3.41. The second kappa shape index (κ2) is 5.44. The van der Waals surface area contributed by atoms with Gasteiger partial charge in [-0.05, 0) is 24.3 Å². The van der Waals surface area contributed by atoms with Crippen LogP contribution < -0.4 is 24.3 Å². The van der Waals surface area contributed by atoms with Crippen molar-refractivity contribution in [2.75, 3.05) is 26.6 Å². The average Bonchev–Trinajstić information content (AvgIpc) is 2.97. The van der Waals surface area contributed by atoms with E-state index in [0.717, 1.165) is 17.0 Å². The first-order chi connectivity index (χ1) is 10.3. The smallest absolute Gasteiger partial charge is 0.203 e. The fourth-order valence-electron chi connectivity index (χ4n) is 2.39. The van der Waals surface area contributed by atoms with E-state index in [9.17, 15) is 0 Å². The Morgan fingerprint density at radius 2 is 1.62 bits per heavy atom. The Hall–Kier alpha value is -2.56. The van der Waals surface area contributed by atoms with Gasteiger partial charge in [0.2, 0.25) is 5.75 Å². The molecule has 0 aromatic heterocycles. The van der Waals surface area contributed by atoms with Crippen LogP contribution in [0.1, 0.15) is 11.8 Å². The first-order valence-corrected chi connectivity index (χ1v) is 6.59. The van der Waals surface area contributed by atoms with Crippen molar-refractivity contribution in [3.63, 3.8) is 0 Å². The van der Waals surface area contributed by atoms with Crippen LogP contribution in [0.3, 0.4) is 0 Å². The lowest BCUT2D eigenvalue weighted by molar-refractivity contribution is 0.256. The molecule has 1 atom stereocenters. The fraction of sp³-hybridized carbons (Fsp3) is 0.250. The molecule has 3 rings (SSSR count). The fourth-order valence-corrected chi connectivity index (χ4v) is 2.39. The highest BCUT2D eigenvalue weighted by molar-refractivity contribution is 5.62. The summed E-state index contributed by atoms with van der Waals surface area (Å²) < 4.78 is 22.0. The third kappa shape index (κ3) is 2.31. The van der Waals surface area contributed by atoms with Crippen LogP contribution in [0.4, 0.5) is 5.69 Å². The van der Waals surface area contributed by atoms with E-state index in [4.69, 9.17) is 18.9 Å². The molecule has 0 amide bonds. The Morgan fingerprint density at radius 3 is 2.19 bits per heavy atom. The van der Waals surface area contributed by atoms with Gasteiger partial charge in [-0.15, -0.1) is 0 Å². The van der Waals surface area contributed by atoms with Crippen LogP contribution in [-0.4, -0.2) is 21.3 Å². The number of hydrogen-bond acceptors (Lipinski definition) is 5. The van der Waals surface area contributed by atoms with Crippen molar-refractivity contribution in [2.24, 2.45) is 0 Å². The molecular formula is C16H17NO4. The van der Waals surface area contributed by atoms with Crippen molar-refractivity contribution in [3.05, 3.63) is 42.0 Å². The molecule has 5 heteroatoms. The summed E-state index contributed by atoms with van der Waals surface area (Å²) in [6.07, 6.45) is -0.281. The van der Waals surface area contributed by atoms with Crippen LogP contribution >= 0.6 is 0 Å². The minimum absolute atomic E-state index is 0.281. The van der Waals surface area contributed by atoms with E-state index >= 15 is 0 Å². The van der Waals surface area contributed by atoms with E-state index < -0.39 is 0 Å². The van der Waals surface area contributed by atoms with E-state index in [1.807, 2.05) is 36.4 Å². The molecule has 2 aromatic rings. The van der Waals surface area contributed by atoms with Gasteiger partial charge in [-0.3, -0.25) is 0 Å². The number of para-hydroxylation sites is 2. The van der Waals surface area contributed by atoms with E-state index in [2.05, 4.69) is 5.32 Å². The SMILES string of the molecule is COc1cc([C@H]2Nc3ccccc3O2)cc(OC)c1OC. The molecule has 0 unspecified atom stereocenters. The molecule has 0 aliphatic carbocycles. The zero-order chi connectivity index (χ0) is 14.8.